The van der Waals surface area contributed by atoms with Crippen molar-refractivity contribution in [2.24, 2.45) is 11.1 Å². The van der Waals surface area contributed by atoms with Gasteiger partial charge in [-0.2, -0.15) is 0 Å². The molecule has 0 aromatic heterocycles. The molecule has 0 radical (unpaired) electrons. The third-order valence-corrected chi connectivity index (χ3v) is 4.57. The van der Waals surface area contributed by atoms with E-state index in [1.165, 1.54) is 0 Å². The predicted molar refractivity (Wildman–Crippen MR) is 89.5 cm³/mol. The van der Waals surface area contributed by atoms with Crippen LogP contribution in [-0.4, -0.2) is 47.0 Å². The molecule has 0 spiro atoms. The Balaban J connectivity index is 2.17. The van der Waals surface area contributed by atoms with Crippen LogP contribution in [0.5, 0.6) is 17.2 Å². The Morgan fingerprint density at radius 3 is 2.21 bits per heavy atom. The molecule has 1 amide bonds. The molecular weight excluding hydrogens is 312 g/mol. The van der Waals surface area contributed by atoms with Gasteiger partial charge >= 0.3 is 0 Å². The van der Waals surface area contributed by atoms with Gasteiger partial charge in [0.25, 0.3) is 0 Å². The molecular formula is C17H26N2O5. The maximum absolute atomic E-state index is 12.7. The summed E-state index contributed by atoms with van der Waals surface area (Å²) in [6.07, 6.45) is 1.26. The molecule has 1 aliphatic heterocycles. The first kappa shape index (κ1) is 18.4. The van der Waals surface area contributed by atoms with Gasteiger partial charge in [0.15, 0.2) is 0 Å². The highest BCUT2D eigenvalue weighted by Crippen LogP contribution is 2.35. The van der Waals surface area contributed by atoms with Crippen molar-refractivity contribution in [1.82, 2.24) is 5.32 Å². The van der Waals surface area contributed by atoms with Crippen LogP contribution >= 0.6 is 0 Å². The quantitative estimate of drug-likeness (QED) is 0.773. The summed E-state index contributed by atoms with van der Waals surface area (Å²) in [6, 6.07) is 3.52. The molecule has 2 rings (SSSR count). The van der Waals surface area contributed by atoms with E-state index in [4.69, 9.17) is 24.7 Å². The molecule has 0 saturated carbocycles. The minimum absolute atomic E-state index is 0.0618. The predicted octanol–water partition coefficient (Wildman–Crippen LogP) is 1.08. The van der Waals surface area contributed by atoms with Gasteiger partial charge in [-0.15, -0.1) is 0 Å². The van der Waals surface area contributed by atoms with Gasteiger partial charge in [-0.3, -0.25) is 4.79 Å². The average Bonchev–Trinajstić information content (AvgIpc) is 2.65. The highest BCUT2D eigenvalue weighted by Gasteiger charge is 2.38. The normalized spacial score (nSPS) is 16.3. The van der Waals surface area contributed by atoms with E-state index in [9.17, 15) is 4.79 Å². The average molecular weight is 338 g/mol. The Hall–Kier alpha value is -1.99. The topological polar surface area (TPSA) is 92.0 Å². The van der Waals surface area contributed by atoms with Gasteiger partial charge in [-0.05, 0) is 12.8 Å². The lowest BCUT2D eigenvalue weighted by atomic mass is 9.79. The van der Waals surface area contributed by atoms with Crippen molar-refractivity contribution in [1.29, 1.82) is 0 Å². The van der Waals surface area contributed by atoms with Crippen LogP contribution in [0.1, 0.15) is 18.4 Å². The molecule has 0 bridgehead atoms. The molecule has 1 aromatic rings. The van der Waals surface area contributed by atoms with Gasteiger partial charge in [0.1, 0.15) is 17.2 Å². The SMILES string of the molecule is COc1cc(OC)c(CNC(=O)C2(CN)CCOCC2)c(OC)c1. The molecule has 1 fully saturated rings. The summed E-state index contributed by atoms with van der Waals surface area (Å²) in [5.41, 5.74) is 6.07. The number of ether oxygens (including phenoxy) is 4. The fraction of sp³-hybridized carbons (Fsp3) is 0.588. The second-order valence-electron chi connectivity index (χ2n) is 5.79. The number of rotatable bonds is 7. The summed E-state index contributed by atoms with van der Waals surface area (Å²) in [7, 11) is 4.71. The minimum atomic E-state index is -0.564. The smallest absolute Gasteiger partial charge is 0.227 e. The Bertz CT molecular complexity index is 545. The standard InChI is InChI=1S/C17H26N2O5/c1-21-12-8-14(22-2)13(15(9-12)23-3)10-19-16(20)17(11-18)4-6-24-7-5-17/h8-9H,4-7,10-11,18H2,1-3H3,(H,19,20). The van der Waals surface area contributed by atoms with Crippen molar-refractivity contribution in [2.45, 2.75) is 19.4 Å². The molecule has 24 heavy (non-hydrogen) atoms. The van der Waals surface area contributed by atoms with Gasteiger partial charge in [0.05, 0.1) is 38.9 Å². The van der Waals surface area contributed by atoms with E-state index in [-0.39, 0.29) is 12.5 Å². The first-order valence-electron chi connectivity index (χ1n) is 7.95. The van der Waals surface area contributed by atoms with Crippen molar-refractivity contribution < 1.29 is 23.7 Å². The van der Waals surface area contributed by atoms with Crippen molar-refractivity contribution >= 4 is 5.91 Å². The fourth-order valence-electron chi connectivity index (χ4n) is 2.89. The van der Waals surface area contributed by atoms with Gasteiger partial charge in [0, 0.05) is 31.9 Å². The van der Waals surface area contributed by atoms with Crippen LogP contribution in [-0.2, 0) is 16.1 Å². The van der Waals surface area contributed by atoms with Crippen LogP contribution in [0.25, 0.3) is 0 Å². The third kappa shape index (κ3) is 3.73. The molecule has 0 unspecified atom stereocenters. The van der Waals surface area contributed by atoms with Crippen LogP contribution in [0.2, 0.25) is 0 Å². The lowest BCUT2D eigenvalue weighted by Crippen LogP contribution is -2.49. The van der Waals surface area contributed by atoms with E-state index in [0.29, 0.717) is 49.8 Å². The van der Waals surface area contributed by atoms with E-state index >= 15 is 0 Å². The lowest BCUT2D eigenvalue weighted by Gasteiger charge is -2.34. The fourth-order valence-corrected chi connectivity index (χ4v) is 2.89. The molecule has 1 heterocycles. The highest BCUT2D eigenvalue weighted by atomic mass is 16.5. The van der Waals surface area contributed by atoms with E-state index in [0.717, 1.165) is 5.56 Å². The van der Waals surface area contributed by atoms with Crippen molar-refractivity contribution in [3.63, 3.8) is 0 Å². The molecule has 1 aliphatic rings. The zero-order valence-electron chi connectivity index (χ0n) is 14.5. The van der Waals surface area contributed by atoms with E-state index in [2.05, 4.69) is 5.32 Å². The Morgan fingerprint density at radius 2 is 1.75 bits per heavy atom. The maximum Gasteiger partial charge on any atom is 0.227 e. The number of methoxy groups -OCH3 is 3. The van der Waals surface area contributed by atoms with Crippen molar-refractivity contribution in [3.8, 4) is 17.2 Å². The zero-order chi connectivity index (χ0) is 17.6. The lowest BCUT2D eigenvalue weighted by molar-refractivity contribution is -0.136. The van der Waals surface area contributed by atoms with Gasteiger partial charge in [0.2, 0.25) is 5.91 Å². The number of nitrogens with one attached hydrogen (secondary N) is 1. The zero-order valence-corrected chi connectivity index (χ0v) is 14.5. The van der Waals surface area contributed by atoms with Crippen LogP contribution < -0.4 is 25.3 Å². The first-order valence-corrected chi connectivity index (χ1v) is 7.95. The van der Waals surface area contributed by atoms with Crippen LogP contribution in [0.15, 0.2) is 12.1 Å². The number of hydrogen-bond acceptors (Lipinski definition) is 6. The van der Waals surface area contributed by atoms with Crippen LogP contribution in [0.3, 0.4) is 0 Å². The second kappa shape index (κ2) is 8.21. The Kier molecular flexibility index (Phi) is 6.28. The summed E-state index contributed by atoms with van der Waals surface area (Å²) >= 11 is 0. The molecule has 1 saturated heterocycles. The van der Waals surface area contributed by atoms with Gasteiger partial charge in [-0.1, -0.05) is 0 Å². The molecule has 0 aliphatic carbocycles. The summed E-state index contributed by atoms with van der Waals surface area (Å²) in [4.78, 5) is 12.7. The Morgan fingerprint density at radius 1 is 1.17 bits per heavy atom. The van der Waals surface area contributed by atoms with Crippen molar-refractivity contribution in [2.75, 3.05) is 41.1 Å². The number of amides is 1. The monoisotopic (exact) mass is 338 g/mol. The second-order valence-corrected chi connectivity index (χ2v) is 5.79. The van der Waals surface area contributed by atoms with Gasteiger partial charge < -0.3 is 30.0 Å². The molecule has 0 atom stereocenters. The van der Waals surface area contributed by atoms with Crippen LogP contribution in [0, 0.1) is 5.41 Å². The number of nitrogens with two attached hydrogens (primary N) is 1. The third-order valence-electron chi connectivity index (χ3n) is 4.57. The Labute approximate surface area is 142 Å². The van der Waals surface area contributed by atoms with Gasteiger partial charge in [-0.25, -0.2) is 0 Å². The van der Waals surface area contributed by atoms with E-state index in [1.807, 2.05) is 0 Å². The molecule has 134 valence electrons. The summed E-state index contributed by atoms with van der Waals surface area (Å²) < 4.78 is 21.4. The largest absolute Gasteiger partial charge is 0.496 e. The molecule has 7 heteroatoms. The molecule has 3 N–H and O–H groups in total. The molecule has 1 aromatic carbocycles. The van der Waals surface area contributed by atoms with E-state index in [1.54, 1.807) is 33.5 Å². The summed E-state index contributed by atoms with van der Waals surface area (Å²) in [5.74, 6) is 1.76. The van der Waals surface area contributed by atoms with Crippen molar-refractivity contribution in [3.05, 3.63) is 17.7 Å². The summed E-state index contributed by atoms with van der Waals surface area (Å²) in [5, 5.41) is 2.97. The minimum Gasteiger partial charge on any atom is -0.496 e. The number of benzene rings is 1. The number of hydrogen-bond donors (Lipinski definition) is 2. The number of carbonyl (C=O) groups is 1. The summed E-state index contributed by atoms with van der Waals surface area (Å²) in [6.45, 7) is 1.70. The maximum atomic E-state index is 12.7. The van der Waals surface area contributed by atoms with Crippen LogP contribution in [0.4, 0.5) is 0 Å². The van der Waals surface area contributed by atoms with E-state index < -0.39 is 5.41 Å². The molecule has 7 nitrogen and oxygen atoms in total. The number of carbonyl (C=O) groups excluding carboxylic acids is 1. The highest BCUT2D eigenvalue weighted by molar-refractivity contribution is 5.83. The first-order chi connectivity index (χ1) is 11.6.